The van der Waals surface area contributed by atoms with E-state index in [-0.39, 0.29) is 17.0 Å². The Morgan fingerprint density at radius 1 is 1.38 bits per heavy atom. The molecule has 1 aliphatic rings. The van der Waals surface area contributed by atoms with Crippen LogP contribution in [0.4, 0.5) is 0 Å². The Morgan fingerprint density at radius 3 is 2.83 bits per heavy atom. The summed E-state index contributed by atoms with van der Waals surface area (Å²) < 4.78 is 1.27. The highest BCUT2D eigenvalue weighted by Crippen LogP contribution is 2.38. The number of amides is 1. The van der Waals surface area contributed by atoms with Crippen molar-refractivity contribution in [2.45, 2.75) is 46.1 Å². The molecule has 2 N–H and O–H groups in total. The van der Waals surface area contributed by atoms with E-state index in [0.29, 0.717) is 11.6 Å². The smallest absolute Gasteiger partial charge is 0.274 e. The molecule has 1 amide bonds. The number of pyridine rings is 1. The molecule has 0 saturated heterocycles. The summed E-state index contributed by atoms with van der Waals surface area (Å²) in [5.74, 6) is -0.576. The summed E-state index contributed by atoms with van der Waals surface area (Å²) >= 11 is 0. The van der Waals surface area contributed by atoms with E-state index in [2.05, 4.69) is 31.1 Å². The monoisotopic (exact) mass is 329 g/mol. The summed E-state index contributed by atoms with van der Waals surface area (Å²) in [5.41, 5.74) is -0.397. The third-order valence-electron chi connectivity index (χ3n) is 4.66. The highest BCUT2D eigenvalue weighted by molar-refractivity contribution is 5.96. The Balaban J connectivity index is 1.91. The third-order valence-corrected chi connectivity index (χ3v) is 4.66. The van der Waals surface area contributed by atoms with Crippen LogP contribution in [0.25, 0.3) is 5.65 Å². The maximum atomic E-state index is 12.6. The first-order valence-electron chi connectivity index (χ1n) is 8.28. The second kappa shape index (κ2) is 5.92. The van der Waals surface area contributed by atoms with Crippen molar-refractivity contribution >= 4 is 11.6 Å². The van der Waals surface area contributed by atoms with Crippen molar-refractivity contribution in [3.63, 3.8) is 0 Å². The Labute approximate surface area is 140 Å². The fraction of sp³-hybridized carbons (Fsp3) is 0.500. The van der Waals surface area contributed by atoms with Crippen molar-refractivity contribution in [1.82, 2.24) is 14.7 Å². The Hall–Kier alpha value is -2.37. The van der Waals surface area contributed by atoms with Crippen molar-refractivity contribution in [1.29, 1.82) is 0 Å². The minimum Gasteiger partial charge on any atom is -0.493 e. The van der Waals surface area contributed by atoms with Gasteiger partial charge in [-0.05, 0) is 42.7 Å². The Bertz CT molecular complexity index is 841. The van der Waals surface area contributed by atoms with Gasteiger partial charge in [0.2, 0.25) is 5.88 Å². The molecule has 2 aromatic rings. The van der Waals surface area contributed by atoms with Crippen LogP contribution in [0.2, 0.25) is 0 Å². The summed E-state index contributed by atoms with van der Waals surface area (Å²) in [6.45, 7) is 6.54. The van der Waals surface area contributed by atoms with Crippen LogP contribution in [0, 0.1) is 11.3 Å². The number of carbonyl (C=O) groups excluding carboxylic acids is 1. The lowest BCUT2D eigenvalue weighted by Gasteiger charge is -2.39. The summed E-state index contributed by atoms with van der Waals surface area (Å²) in [6, 6.07) is 4.99. The molecule has 1 fully saturated rings. The highest BCUT2D eigenvalue weighted by Gasteiger charge is 2.33. The first-order chi connectivity index (χ1) is 11.3. The maximum Gasteiger partial charge on any atom is 0.274 e. The molecule has 2 heterocycles. The molecule has 1 aliphatic carbocycles. The second-order valence-corrected chi connectivity index (χ2v) is 7.63. The van der Waals surface area contributed by atoms with Crippen molar-refractivity contribution in [2.75, 3.05) is 0 Å². The zero-order chi connectivity index (χ0) is 17.5. The summed E-state index contributed by atoms with van der Waals surface area (Å²) in [4.78, 5) is 29.1. The van der Waals surface area contributed by atoms with Gasteiger partial charge >= 0.3 is 0 Å². The van der Waals surface area contributed by atoms with Gasteiger partial charge in [-0.2, -0.15) is 4.98 Å². The zero-order valence-electron chi connectivity index (χ0n) is 14.2. The first kappa shape index (κ1) is 16.5. The number of hydrogen-bond donors (Lipinski definition) is 2. The fourth-order valence-corrected chi connectivity index (χ4v) is 3.99. The molecule has 128 valence electrons. The Kier molecular flexibility index (Phi) is 4.07. The second-order valence-electron chi connectivity index (χ2n) is 7.63. The number of nitrogens with one attached hydrogen (secondary N) is 1. The molecule has 3 rings (SSSR count). The van der Waals surface area contributed by atoms with Gasteiger partial charge in [-0.15, -0.1) is 0 Å². The van der Waals surface area contributed by atoms with Crippen LogP contribution in [-0.4, -0.2) is 26.4 Å². The molecule has 2 atom stereocenters. The van der Waals surface area contributed by atoms with Crippen LogP contribution in [0.15, 0.2) is 29.2 Å². The lowest BCUT2D eigenvalue weighted by atomic mass is 9.70. The topological polar surface area (TPSA) is 83.7 Å². The maximum absolute atomic E-state index is 12.6. The van der Waals surface area contributed by atoms with Crippen molar-refractivity contribution in [3.05, 3.63) is 40.3 Å². The van der Waals surface area contributed by atoms with E-state index in [1.807, 2.05) is 0 Å². The van der Waals surface area contributed by atoms with Gasteiger partial charge in [0, 0.05) is 12.2 Å². The van der Waals surface area contributed by atoms with Crippen molar-refractivity contribution in [3.8, 4) is 5.88 Å². The van der Waals surface area contributed by atoms with Gasteiger partial charge in [-0.25, -0.2) is 0 Å². The molecular weight excluding hydrogens is 306 g/mol. The Morgan fingerprint density at radius 2 is 2.12 bits per heavy atom. The predicted molar refractivity (Wildman–Crippen MR) is 91.2 cm³/mol. The molecule has 2 aromatic heterocycles. The van der Waals surface area contributed by atoms with Crippen LogP contribution in [0.3, 0.4) is 0 Å². The molecule has 6 heteroatoms. The molecule has 6 nitrogen and oxygen atoms in total. The van der Waals surface area contributed by atoms with Gasteiger partial charge in [0.25, 0.3) is 11.5 Å². The van der Waals surface area contributed by atoms with Crippen LogP contribution in [0.5, 0.6) is 5.88 Å². The number of aromatic hydroxyl groups is 1. The van der Waals surface area contributed by atoms with Gasteiger partial charge in [-0.3, -0.25) is 14.0 Å². The lowest BCUT2D eigenvalue weighted by Crippen LogP contribution is -2.44. The molecule has 0 radical (unpaired) electrons. The lowest BCUT2D eigenvalue weighted by molar-refractivity contribution is 0.0869. The minimum absolute atomic E-state index is 0.00785. The number of nitrogens with zero attached hydrogens (tertiary/aromatic N) is 2. The summed E-state index contributed by atoms with van der Waals surface area (Å²) in [7, 11) is 0. The normalized spacial score (nSPS) is 23.1. The number of carbonyl (C=O) groups is 1. The van der Waals surface area contributed by atoms with Gasteiger partial charge in [0.15, 0.2) is 5.56 Å². The van der Waals surface area contributed by atoms with Gasteiger partial charge < -0.3 is 10.4 Å². The van der Waals surface area contributed by atoms with E-state index in [0.717, 1.165) is 19.3 Å². The fourth-order valence-electron chi connectivity index (χ4n) is 3.99. The number of fused-ring (bicyclic) bond motifs is 1. The molecule has 0 unspecified atom stereocenters. The molecule has 0 aromatic carbocycles. The van der Waals surface area contributed by atoms with Crippen LogP contribution >= 0.6 is 0 Å². The van der Waals surface area contributed by atoms with Crippen LogP contribution in [0.1, 0.15) is 50.4 Å². The summed E-state index contributed by atoms with van der Waals surface area (Å²) in [5, 5.41) is 13.0. The van der Waals surface area contributed by atoms with Crippen molar-refractivity contribution in [2.24, 2.45) is 11.3 Å². The number of aromatic nitrogens is 2. The van der Waals surface area contributed by atoms with Gasteiger partial charge in [-0.1, -0.05) is 26.8 Å². The van der Waals surface area contributed by atoms with E-state index in [9.17, 15) is 14.7 Å². The average molecular weight is 329 g/mol. The standard InChI is InChI=1S/C18H23N3O3/c1-11-8-12(10-18(2,3)9-11)19-15(22)14-16(23)20-13-6-4-5-7-21(13)17(14)24/h4-7,11-12,23H,8-10H2,1-3H3,(H,19,22)/t11-,12-/m1/s1. The molecular formula is C18H23N3O3. The molecule has 0 spiro atoms. The quantitative estimate of drug-likeness (QED) is 0.886. The van der Waals surface area contributed by atoms with Crippen LogP contribution < -0.4 is 10.9 Å². The van der Waals surface area contributed by atoms with E-state index < -0.39 is 17.3 Å². The molecule has 24 heavy (non-hydrogen) atoms. The summed E-state index contributed by atoms with van der Waals surface area (Å²) in [6.07, 6.45) is 4.38. The minimum atomic E-state index is -0.557. The highest BCUT2D eigenvalue weighted by atomic mass is 16.3. The molecule has 0 aliphatic heterocycles. The van der Waals surface area contributed by atoms with Crippen LogP contribution in [-0.2, 0) is 0 Å². The van der Waals surface area contributed by atoms with Crippen molar-refractivity contribution < 1.29 is 9.90 Å². The van der Waals surface area contributed by atoms with E-state index in [1.54, 1.807) is 18.2 Å². The number of hydrogen-bond acceptors (Lipinski definition) is 4. The average Bonchev–Trinajstić information content (AvgIpc) is 2.44. The van der Waals surface area contributed by atoms with E-state index in [4.69, 9.17) is 0 Å². The van der Waals surface area contributed by atoms with E-state index in [1.165, 1.54) is 10.6 Å². The first-order valence-corrected chi connectivity index (χ1v) is 8.28. The van der Waals surface area contributed by atoms with Gasteiger partial charge in [0.1, 0.15) is 5.65 Å². The van der Waals surface area contributed by atoms with E-state index >= 15 is 0 Å². The predicted octanol–water partition coefficient (Wildman–Crippen LogP) is 2.34. The van der Waals surface area contributed by atoms with Gasteiger partial charge in [0.05, 0.1) is 0 Å². The third kappa shape index (κ3) is 3.13. The largest absolute Gasteiger partial charge is 0.493 e. The molecule has 1 saturated carbocycles. The molecule has 0 bridgehead atoms. The SMILES string of the molecule is C[C@@H]1C[C@@H](NC(=O)c2c(O)nc3ccccn3c2=O)CC(C)(C)C1. The number of rotatable bonds is 2. The zero-order valence-corrected chi connectivity index (χ0v) is 14.2.